The molecule has 1 atom stereocenters. The molecule has 0 radical (unpaired) electrons. The van der Waals surface area contributed by atoms with Crippen molar-refractivity contribution in [1.29, 1.82) is 0 Å². The zero-order chi connectivity index (χ0) is 21.3. The van der Waals surface area contributed by atoms with Crippen LogP contribution in [0.2, 0.25) is 0 Å². The molecule has 2 aromatic rings. The predicted molar refractivity (Wildman–Crippen MR) is 111 cm³/mol. The van der Waals surface area contributed by atoms with Gasteiger partial charge in [-0.15, -0.1) is 0 Å². The van der Waals surface area contributed by atoms with Crippen LogP contribution in [0.3, 0.4) is 0 Å². The van der Waals surface area contributed by atoms with Crippen molar-refractivity contribution in [3.63, 3.8) is 0 Å². The molecule has 0 spiro atoms. The van der Waals surface area contributed by atoms with Crippen LogP contribution in [0.5, 0.6) is 0 Å². The van der Waals surface area contributed by atoms with Gasteiger partial charge < -0.3 is 15.5 Å². The second kappa shape index (κ2) is 10.7. The zero-order valence-corrected chi connectivity index (χ0v) is 17.1. The van der Waals surface area contributed by atoms with E-state index in [1.807, 2.05) is 30.0 Å². The first-order valence-corrected chi connectivity index (χ1v) is 10.2. The highest BCUT2D eigenvalue weighted by Gasteiger charge is 2.29. The minimum Gasteiger partial charge on any atom is -0.357 e. The topological polar surface area (TPSA) is 74.5 Å². The summed E-state index contributed by atoms with van der Waals surface area (Å²) < 4.78 is 26.7. The van der Waals surface area contributed by atoms with Gasteiger partial charge in [0.05, 0.1) is 0 Å². The molecule has 30 heavy (non-hydrogen) atoms. The number of aliphatic imine (C=N–C) groups is 1. The first-order chi connectivity index (χ1) is 14.6. The summed E-state index contributed by atoms with van der Waals surface area (Å²) in [5.41, 5.74) is 1.22. The summed E-state index contributed by atoms with van der Waals surface area (Å²) in [5, 5.41) is 6.33. The van der Waals surface area contributed by atoms with Gasteiger partial charge in [-0.25, -0.2) is 9.98 Å². The molecule has 3 rings (SSSR count). The third-order valence-corrected chi connectivity index (χ3v) is 5.05. The van der Waals surface area contributed by atoms with Gasteiger partial charge in [0.15, 0.2) is 5.96 Å². The highest BCUT2D eigenvalue weighted by molar-refractivity contribution is 5.80. The van der Waals surface area contributed by atoms with E-state index in [-0.39, 0.29) is 24.2 Å². The lowest BCUT2D eigenvalue weighted by Crippen LogP contribution is -2.40. The van der Waals surface area contributed by atoms with Crippen LogP contribution in [0.4, 0.5) is 8.78 Å². The number of nitrogens with zero attached hydrogens (tertiary/aromatic N) is 4. The first-order valence-electron chi connectivity index (χ1n) is 10.2. The van der Waals surface area contributed by atoms with Gasteiger partial charge in [-0.3, -0.25) is 9.36 Å². The predicted octanol–water partition coefficient (Wildman–Crippen LogP) is 2.42. The minimum absolute atomic E-state index is 0.0411. The Kier molecular flexibility index (Phi) is 7.75. The van der Waals surface area contributed by atoms with Crippen LogP contribution in [-0.4, -0.2) is 52.5 Å². The fourth-order valence-corrected chi connectivity index (χ4v) is 3.49. The van der Waals surface area contributed by atoms with Crippen LogP contribution < -0.4 is 10.6 Å². The summed E-state index contributed by atoms with van der Waals surface area (Å²) in [7, 11) is 0. The van der Waals surface area contributed by atoms with Crippen molar-refractivity contribution in [2.75, 3.05) is 26.2 Å². The maximum atomic E-state index is 12.9. The van der Waals surface area contributed by atoms with Crippen molar-refractivity contribution in [3.8, 4) is 0 Å². The number of halogens is 2. The molecule has 0 aliphatic carbocycles. The average Bonchev–Trinajstić information content (AvgIpc) is 3.35. The third kappa shape index (κ3) is 6.01. The van der Waals surface area contributed by atoms with E-state index in [1.165, 1.54) is 18.0 Å². The number of nitrogens with one attached hydrogen (secondary N) is 2. The molecule has 1 unspecified atom stereocenters. The van der Waals surface area contributed by atoms with Gasteiger partial charge in [0.1, 0.15) is 12.4 Å². The number of alkyl halides is 2. The van der Waals surface area contributed by atoms with Crippen molar-refractivity contribution in [3.05, 3.63) is 54.1 Å². The summed E-state index contributed by atoms with van der Waals surface area (Å²) in [5.74, 6) is 1.07. The molecule has 0 saturated carbocycles. The van der Waals surface area contributed by atoms with Crippen LogP contribution in [0.1, 0.15) is 31.3 Å². The number of imidazole rings is 1. The standard InChI is InChI=1S/C21H28F2N6O/c1-2-24-21(27-14-18-25-9-11-29(18)20(22)23)26-13-17-12-19(30)28(15-17)10-8-16-6-4-3-5-7-16/h3-7,9,11,17,20H,2,8,10,12-15H2,1H3,(H2,24,26,27). The summed E-state index contributed by atoms with van der Waals surface area (Å²) in [6, 6.07) is 10.1. The summed E-state index contributed by atoms with van der Waals surface area (Å²) >= 11 is 0. The average molecular weight is 418 g/mol. The van der Waals surface area contributed by atoms with Crippen molar-refractivity contribution >= 4 is 11.9 Å². The largest absolute Gasteiger partial charge is 0.357 e. The van der Waals surface area contributed by atoms with E-state index >= 15 is 0 Å². The number of likely N-dealkylation sites (tertiary alicyclic amines) is 1. The second-order valence-corrected chi connectivity index (χ2v) is 7.25. The molecular weight excluding hydrogens is 390 g/mol. The molecule has 1 saturated heterocycles. The molecule has 7 nitrogen and oxygen atoms in total. The van der Waals surface area contributed by atoms with Crippen molar-refractivity contribution in [2.45, 2.75) is 32.9 Å². The van der Waals surface area contributed by atoms with Gasteiger partial charge >= 0.3 is 6.55 Å². The van der Waals surface area contributed by atoms with Gasteiger partial charge in [0.25, 0.3) is 0 Å². The lowest BCUT2D eigenvalue weighted by Gasteiger charge is -2.18. The smallest absolute Gasteiger partial charge is 0.319 e. The quantitative estimate of drug-likeness (QED) is 0.485. The maximum Gasteiger partial charge on any atom is 0.319 e. The number of rotatable bonds is 9. The number of aromatic nitrogens is 2. The van der Waals surface area contributed by atoms with E-state index in [0.717, 1.165) is 11.0 Å². The first kappa shape index (κ1) is 21.7. The molecule has 1 amide bonds. The lowest BCUT2D eigenvalue weighted by molar-refractivity contribution is -0.127. The van der Waals surface area contributed by atoms with Gasteiger partial charge in [0.2, 0.25) is 5.91 Å². The summed E-state index contributed by atoms with van der Waals surface area (Å²) in [6.45, 7) is 1.98. The van der Waals surface area contributed by atoms with Crippen molar-refractivity contribution in [1.82, 2.24) is 25.1 Å². The molecule has 1 aromatic heterocycles. The van der Waals surface area contributed by atoms with E-state index in [9.17, 15) is 13.6 Å². The van der Waals surface area contributed by atoms with Crippen molar-refractivity contribution in [2.24, 2.45) is 10.9 Å². The van der Waals surface area contributed by atoms with E-state index in [0.29, 0.717) is 38.6 Å². The van der Waals surface area contributed by atoms with Crippen molar-refractivity contribution < 1.29 is 13.6 Å². The number of guanidine groups is 1. The fourth-order valence-electron chi connectivity index (χ4n) is 3.49. The van der Waals surface area contributed by atoms with Crippen LogP contribution in [0, 0.1) is 5.92 Å². The molecule has 1 aromatic carbocycles. The molecule has 162 valence electrons. The highest BCUT2D eigenvalue weighted by atomic mass is 19.3. The number of carbonyl (C=O) groups is 1. The van der Waals surface area contributed by atoms with E-state index in [4.69, 9.17) is 0 Å². The van der Waals surface area contributed by atoms with Gasteiger partial charge in [0, 0.05) is 50.9 Å². The van der Waals surface area contributed by atoms with Crippen LogP contribution in [0.25, 0.3) is 0 Å². The zero-order valence-electron chi connectivity index (χ0n) is 17.1. The minimum atomic E-state index is -2.64. The van der Waals surface area contributed by atoms with Gasteiger partial charge in [-0.1, -0.05) is 30.3 Å². The second-order valence-electron chi connectivity index (χ2n) is 7.25. The number of benzene rings is 1. The fraction of sp³-hybridized carbons (Fsp3) is 0.476. The molecule has 1 aliphatic rings. The van der Waals surface area contributed by atoms with Crippen LogP contribution in [0.15, 0.2) is 47.7 Å². The molecule has 9 heteroatoms. The van der Waals surface area contributed by atoms with E-state index in [2.05, 4.69) is 32.7 Å². The molecule has 1 aliphatic heterocycles. The Bertz CT molecular complexity index is 839. The molecular formula is C21H28F2N6O. The highest BCUT2D eigenvalue weighted by Crippen LogP contribution is 2.18. The molecule has 1 fully saturated rings. The Balaban J connectivity index is 1.49. The lowest BCUT2D eigenvalue weighted by atomic mass is 10.1. The molecule has 0 bridgehead atoms. The summed E-state index contributed by atoms with van der Waals surface area (Å²) in [4.78, 5) is 22.5. The molecule has 2 heterocycles. The maximum absolute atomic E-state index is 12.9. The normalized spacial score (nSPS) is 17.1. The van der Waals surface area contributed by atoms with E-state index < -0.39 is 6.55 Å². The Labute approximate surface area is 175 Å². The number of hydrogen-bond donors (Lipinski definition) is 2. The van der Waals surface area contributed by atoms with Gasteiger partial charge in [-0.05, 0) is 18.9 Å². The van der Waals surface area contributed by atoms with Crippen LogP contribution >= 0.6 is 0 Å². The Hall–Kier alpha value is -2.97. The Morgan fingerprint density at radius 2 is 2.10 bits per heavy atom. The third-order valence-electron chi connectivity index (χ3n) is 5.05. The Morgan fingerprint density at radius 3 is 2.83 bits per heavy atom. The number of amides is 1. The number of carbonyl (C=O) groups excluding carboxylic acids is 1. The summed E-state index contributed by atoms with van der Waals surface area (Å²) in [6.07, 6.45) is 3.92. The number of hydrogen-bond acceptors (Lipinski definition) is 3. The van der Waals surface area contributed by atoms with Crippen LogP contribution in [-0.2, 0) is 17.8 Å². The van der Waals surface area contributed by atoms with Gasteiger partial charge in [-0.2, -0.15) is 8.78 Å². The molecule has 2 N–H and O–H groups in total. The van der Waals surface area contributed by atoms with E-state index in [1.54, 1.807) is 0 Å². The monoisotopic (exact) mass is 418 g/mol. The SMILES string of the molecule is CCNC(=NCc1nccn1C(F)F)NCC1CC(=O)N(CCc2ccccc2)C1. The Morgan fingerprint density at radius 1 is 1.30 bits per heavy atom.